The second kappa shape index (κ2) is 45.8. The number of allylic oxidation sites excluding steroid dienone is 6. The lowest BCUT2D eigenvalue weighted by Crippen LogP contribution is -2.28. The van der Waals surface area contributed by atoms with E-state index in [1.165, 1.54) is 154 Å². The van der Waals surface area contributed by atoms with Crippen LogP contribution in [0.3, 0.4) is 0 Å². The van der Waals surface area contributed by atoms with Crippen LogP contribution >= 0.6 is 7.82 Å². The monoisotopic (exact) mass is 826 g/mol. The Morgan fingerprint density at radius 3 is 1.39 bits per heavy atom. The molecule has 0 aliphatic rings. The van der Waals surface area contributed by atoms with Gasteiger partial charge in [-0.05, 0) is 70.6 Å². The van der Waals surface area contributed by atoms with Crippen molar-refractivity contribution in [1.82, 2.24) is 0 Å². The summed E-state index contributed by atoms with van der Waals surface area (Å²) in [4.78, 5) is 22.5. The molecule has 0 aromatic carbocycles. The maximum atomic E-state index is 12.6. The standard InChI is InChI=1S/C48H92NO7P/c1-3-5-7-9-11-13-15-17-19-21-22-23-24-25-26-28-30-32-34-36-38-40-43-53-45-47(46-55-57(51,52)54-44-42-49)56-48(50)41-39-37-35-33-31-29-27-20-18-16-14-12-10-8-6-4-2/h15,17,20-22,27,47H,3-14,16,18-19,23-26,28-46,49H2,1-2H3,(H,51,52)/b17-15-,22-21-,27-20-. The summed E-state index contributed by atoms with van der Waals surface area (Å²) in [6.07, 6.45) is 53.1. The number of rotatable bonds is 46. The maximum absolute atomic E-state index is 12.6. The lowest BCUT2D eigenvalue weighted by atomic mass is 10.1. The van der Waals surface area contributed by atoms with Gasteiger partial charge in [0.25, 0.3) is 0 Å². The predicted octanol–water partition coefficient (Wildman–Crippen LogP) is 14.6. The van der Waals surface area contributed by atoms with E-state index in [2.05, 4.69) is 50.3 Å². The summed E-state index contributed by atoms with van der Waals surface area (Å²) in [6.45, 7) is 4.92. The third-order valence-corrected chi connectivity index (χ3v) is 11.3. The van der Waals surface area contributed by atoms with Crippen LogP contribution in [0, 0.1) is 0 Å². The van der Waals surface area contributed by atoms with Gasteiger partial charge in [0.2, 0.25) is 0 Å². The Hall–Kier alpha value is -1.28. The minimum Gasteiger partial charge on any atom is -0.457 e. The van der Waals surface area contributed by atoms with E-state index in [1.807, 2.05) is 0 Å². The molecule has 0 saturated heterocycles. The number of carbonyl (C=O) groups is 1. The summed E-state index contributed by atoms with van der Waals surface area (Å²) >= 11 is 0. The van der Waals surface area contributed by atoms with Crippen LogP contribution in [0.5, 0.6) is 0 Å². The molecule has 9 heteroatoms. The summed E-state index contributed by atoms with van der Waals surface area (Å²) in [5.74, 6) is -0.338. The van der Waals surface area contributed by atoms with Gasteiger partial charge in [-0.15, -0.1) is 0 Å². The molecule has 2 unspecified atom stereocenters. The van der Waals surface area contributed by atoms with Crippen LogP contribution in [0.2, 0.25) is 0 Å². The molecule has 0 bridgehead atoms. The van der Waals surface area contributed by atoms with Gasteiger partial charge in [0.05, 0.1) is 19.8 Å². The molecule has 336 valence electrons. The molecule has 0 aliphatic heterocycles. The summed E-state index contributed by atoms with van der Waals surface area (Å²) in [5, 5.41) is 0. The first-order valence-corrected chi connectivity index (χ1v) is 25.5. The summed E-state index contributed by atoms with van der Waals surface area (Å²) < 4.78 is 33.5. The van der Waals surface area contributed by atoms with Gasteiger partial charge in [-0.2, -0.15) is 0 Å². The number of ether oxygens (including phenoxy) is 2. The van der Waals surface area contributed by atoms with Crippen LogP contribution in [0.4, 0.5) is 0 Å². The van der Waals surface area contributed by atoms with Crippen molar-refractivity contribution in [3.8, 4) is 0 Å². The van der Waals surface area contributed by atoms with Crippen molar-refractivity contribution in [3.63, 3.8) is 0 Å². The molecule has 57 heavy (non-hydrogen) atoms. The normalized spacial score (nSPS) is 13.7. The van der Waals surface area contributed by atoms with Crippen LogP contribution in [-0.4, -0.2) is 49.9 Å². The fraction of sp³-hybridized carbons (Fsp3) is 0.854. The van der Waals surface area contributed by atoms with Crippen LogP contribution in [-0.2, 0) is 27.9 Å². The number of phosphoric acid groups is 1. The van der Waals surface area contributed by atoms with Gasteiger partial charge in [-0.25, -0.2) is 4.57 Å². The summed E-state index contributed by atoms with van der Waals surface area (Å²) in [6, 6.07) is 0. The molecule has 3 N–H and O–H groups in total. The maximum Gasteiger partial charge on any atom is 0.472 e. The van der Waals surface area contributed by atoms with Crippen molar-refractivity contribution in [3.05, 3.63) is 36.5 Å². The molecule has 2 atom stereocenters. The van der Waals surface area contributed by atoms with E-state index in [4.69, 9.17) is 24.3 Å². The first-order valence-electron chi connectivity index (χ1n) is 24.0. The number of hydrogen-bond acceptors (Lipinski definition) is 7. The molecular formula is C48H92NO7P. The second-order valence-corrected chi connectivity index (χ2v) is 17.4. The molecule has 8 nitrogen and oxygen atoms in total. The Balaban J connectivity index is 3.97. The lowest BCUT2D eigenvalue weighted by Gasteiger charge is -2.20. The Morgan fingerprint density at radius 1 is 0.526 bits per heavy atom. The van der Waals surface area contributed by atoms with Crippen LogP contribution in [0.15, 0.2) is 36.5 Å². The lowest BCUT2D eigenvalue weighted by molar-refractivity contribution is -0.154. The topological polar surface area (TPSA) is 117 Å². The minimum atomic E-state index is -4.28. The average molecular weight is 826 g/mol. The van der Waals surface area contributed by atoms with Crippen molar-refractivity contribution in [1.29, 1.82) is 0 Å². The number of hydrogen-bond donors (Lipinski definition) is 2. The SMILES string of the molecule is CCCCCCC/C=C\C/C=C\CCCCCCCCCCCCOCC(COP(=O)(O)OCCN)OC(=O)CCCCCCC/C=C\CCCCCCCCC. The van der Waals surface area contributed by atoms with Gasteiger partial charge in [-0.3, -0.25) is 13.8 Å². The zero-order chi connectivity index (χ0) is 41.6. The number of carbonyl (C=O) groups excluding carboxylic acids is 1. The Labute approximate surface area is 352 Å². The van der Waals surface area contributed by atoms with Crippen molar-refractivity contribution in [2.45, 2.75) is 232 Å². The predicted molar refractivity (Wildman–Crippen MR) is 243 cm³/mol. The Morgan fingerprint density at radius 2 is 0.930 bits per heavy atom. The third-order valence-electron chi connectivity index (χ3n) is 10.3. The molecule has 0 aliphatic carbocycles. The molecule has 0 heterocycles. The molecule has 0 aromatic rings. The van der Waals surface area contributed by atoms with Gasteiger partial charge in [0.15, 0.2) is 0 Å². The highest BCUT2D eigenvalue weighted by Crippen LogP contribution is 2.43. The smallest absolute Gasteiger partial charge is 0.457 e. The van der Waals surface area contributed by atoms with Crippen molar-refractivity contribution >= 4 is 13.8 Å². The highest BCUT2D eigenvalue weighted by Gasteiger charge is 2.25. The number of esters is 1. The van der Waals surface area contributed by atoms with Crippen LogP contribution < -0.4 is 5.73 Å². The number of nitrogens with two attached hydrogens (primary N) is 1. The van der Waals surface area contributed by atoms with Gasteiger partial charge in [0, 0.05) is 19.6 Å². The molecule has 0 amide bonds. The quantitative estimate of drug-likeness (QED) is 0.0270. The zero-order valence-corrected chi connectivity index (χ0v) is 38.2. The van der Waals surface area contributed by atoms with Crippen molar-refractivity contribution < 1.29 is 32.8 Å². The summed E-state index contributed by atoms with van der Waals surface area (Å²) in [7, 11) is -4.28. The van der Waals surface area contributed by atoms with E-state index in [0.717, 1.165) is 51.4 Å². The molecule has 0 spiro atoms. The minimum absolute atomic E-state index is 0.0973. The van der Waals surface area contributed by atoms with Gasteiger partial charge >= 0.3 is 13.8 Å². The molecule has 0 aromatic heterocycles. The van der Waals surface area contributed by atoms with Gasteiger partial charge in [0.1, 0.15) is 6.10 Å². The van der Waals surface area contributed by atoms with E-state index in [-0.39, 0.29) is 32.3 Å². The van der Waals surface area contributed by atoms with Gasteiger partial charge < -0.3 is 20.1 Å². The fourth-order valence-corrected chi connectivity index (χ4v) is 7.49. The molecule has 0 rings (SSSR count). The van der Waals surface area contributed by atoms with E-state index < -0.39 is 13.9 Å². The first-order chi connectivity index (χ1) is 27.9. The molecular weight excluding hydrogens is 734 g/mol. The molecule has 0 fully saturated rings. The number of unbranched alkanes of at least 4 members (excludes halogenated alkanes) is 27. The highest BCUT2D eigenvalue weighted by atomic mass is 31.2. The zero-order valence-electron chi connectivity index (χ0n) is 37.3. The van der Waals surface area contributed by atoms with Crippen LogP contribution in [0.1, 0.15) is 226 Å². The van der Waals surface area contributed by atoms with Crippen LogP contribution in [0.25, 0.3) is 0 Å². The first kappa shape index (κ1) is 55.7. The second-order valence-electron chi connectivity index (χ2n) is 16.0. The third kappa shape index (κ3) is 45.7. The average Bonchev–Trinajstić information content (AvgIpc) is 3.20. The number of phosphoric ester groups is 1. The van der Waals surface area contributed by atoms with E-state index in [1.54, 1.807) is 0 Å². The largest absolute Gasteiger partial charge is 0.472 e. The van der Waals surface area contributed by atoms with E-state index in [9.17, 15) is 14.3 Å². The Bertz CT molecular complexity index is 972. The van der Waals surface area contributed by atoms with Gasteiger partial charge in [-0.1, -0.05) is 185 Å². The fourth-order valence-electron chi connectivity index (χ4n) is 6.73. The Kier molecular flexibility index (Phi) is 44.8. The van der Waals surface area contributed by atoms with Crippen molar-refractivity contribution in [2.24, 2.45) is 5.73 Å². The van der Waals surface area contributed by atoms with E-state index in [0.29, 0.717) is 13.0 Å². The summed E-state index contributed by atoms with van der Waals surface area (Å²) in [5.41, 5.74) is 5.38. The highest BCUT2D eigenvalue weighted by molar-refractivity contribution is 7.47. The van der Waals surface area contributed by atoms with E-state index >= 15 is 0 Å². The molecule has 0 saturated carbocycles. The van der Waals surface area contributed by atoms with Crippen molar-refractivity contribution in [2.75, 3.05) is 33.0 Å². The molecule has 0 radical (unpaired) electrons.